The topological polar surface area (TPSA) is 24.5 Å². The molecule has 1 saturated heterocycles. The van der Waals surface area contributed by atoms with Crippen molar-refractivity contribution in [3.05, 3.63) is 0 Å². The van der Waals surface area contributed by atoms with Crippen LogP contribution >= 0.6 is 0 Å². The zero-order valence-corrected chi connectivity index (χ0v) is 12.0. The van der Waals surface area contributed by atoms with Gasteiger partial charge in [-0.1, -0.05) is 0 Å². The van der Waals surface area contributed by atoms with Crippen molar-refractivity contribution in [2.75, 3.05) is 20.1 Å². The molecular weight excluding hydrogens is 212 g/mol. The van der Waals surface area contributed by atoms with Crippen molar-refractivity contribution in [3.63, 3.8) is 0 Å². The van der Waals surface area contributed by atoms with Crippen molar-refractivity contribution in [2.45, 2.75) is 70.2 Å². The van der Waals surface area contributed by atoms with E-state index in [1.165, 1.54) is 12.8 Å². The molecule has 2 rings (SSSR count). The smallest absolute Gasteiger partial charge is 0.0787 e. The summed E-state index contributed by atoms with van der Waals surface area (Å²) >= 11 is 0. The average molecular weight is 240 g/mol. The SMILES string of the molecule is CN(CCNC1CC(C)(C)OC1(C)C)C1CC1. The molecule has 100 valence electrons. The number of nitrogens with zero attached hydrogens (tertiary/aromatic N) is 1. The molecule has 0 amide bonds. The third-order valence-electron chi connectivity index (χ3n) is 4.10. The molecule has 0 aromatic carbocycles. The van der Waals surface area contributed by atoms with Gasteiger partial charge in [0.15, 0.2) is 0 Å². The van der Waals surface area contributed by atoms with Crippen molar-refractivity contribution < 1.29 is 4.74 Å². The van der Waals surface area contributed by atoms with Crippen molar-refractivity contribution in [1.82, 2.24) is 10.2 Å². The Morgan fingerprint density at radius 3 is 2.35 bits per heavy atom. The molecule has 2 aliphatic rings. The summed E-state index contributed by atoms with van der Waals surface area (Å²) in [6, 6.07) is 1.34. The minimum Gasteiger partial charge on any atom is -0.368 e. The number of ether oxygens (including phenoxy) is 1. The number of hydrogen-bond donors (Lipinski definition) is 1. The van der Waals surface area contributed by atoms with Crippen LogP contribution in [0, 0.1) is 0 Å². The molecule has 1 aliphatic heterocycles. The fourth-order valence-corrected chi connectivity index (χ4v) is 2.99. The van der Waals surface area contributed by atoms with Crippen LogP contribution in [0.3, 0.4) is 0 Å². The highest BCUT2D eigenvalue weighted by Gasteiger charge is 2.45. The summed E-state index contributed by atoms with van der Waals surface area (Å²) in [5, 5.41) is 3.67. The van der Waals surface area contributed by atoms with E-state index in [9.17, 15) is 0 Å². The van der Waals surface area contributed by atoms with E-state index in [2.05, 4.69) is 45.0 Å². The molecule has 0 radical (unpaired) electrons. The van der Waals surface area contributed by atoms with Crippen LogP contribution in [0.5, 0.6) is 0 Å². The molecule has 0 spiro atoms. The minimum atomic E-state index is -0.0400. The highest BCUT2D eigenvalue weighted by atomic mass is 16.5. The molecule has 0 aromatic rings. The number of likely N-dealkylation sites (N-methyl/N-ethyl adjacent to an activating group) is 1. The van der Waals surface area contributed by atoms with E-state index >= 15 is 0 Å². The highest BCUT2D eigenvalue weighted by Crippen LogP contribution is 2.37. The summed E-state index contributed by atoms with van der Waals surface area (Å²) in [7, 11) is 2.24. The van der Waals surface area contributed by atoms with E-state index in [0.717, 1.165) is 25.6 Å². The van der Waals surface area contributed by atoms with E-state index < -0.39 is 0 Å². The van der Waals surface area contributed by atoms with Gasteiger partial charge in [0.1, 0.15) is 0 Å². The predicted octanol–water partition coefficient (Wildman–Crippen LogP) is 2.02. The number of rotatable bonds is 5. The molecule has 0 aromatic heterocycles. The van der Waals surface area contributed by atoms with E-state index in [4.69, 9.17) is 4.74 Å². The molecular formula is C14H28N2O. The number of nitrogens with one attached hydrogen (secondary N) is 1. The third-order valence-corrected chi connectivity index (χ3v) is 4.10. The molecule has 3 heteroatoms. The van der Waals surface area contributed by atoms with Crippen molar-refractivity contribution in [1.29, 1.82) is 0 Å². The molecule has 1 aliphatic carbocycles. The molecule has 2 fully saturated rings. The molecule has 1 saturated carbocycles. The van der Waals surface area contributed by atoms with Crippen LogP contribution in [-0.2, 0) is 4.74 Å². The summed E-state index contributed by atoms with van der Waals surface area (Å²) < 4.78 is 6.09. The average Bonchev–Trinajstić information content (AvgIpc) is 2.93. The van der Waals surface area contributed by atoms with Crippen molar-refractivity contribution in [3.8, 4) is 0 Å². The highest BCUT2D eigenvalue weighted by molar-refractivity contribution is 4.99. The second kappa shape index (κ2) is 4.52. The summed E-state index contributed by atoms with van der Waals surface area (Å²) in [6.45, 7) is 11.0. The van der Waals surface area contributed by atoms with Gasteiger partial charge in [-0.2, -0.15) is 0 Å². The summed E-state index contributed by atoms with van der Waals surface area (Å²) in [5.41, 5.74) is -0.0226. The first-order chi connectivity index (χ1) is 7.80. The first-order valence-electron chi connectivity index (χ1n) is 6.94. The maximum atomic E-state index is 6.09. The zero-order valence-electron chi connectivity index (χ0n) is 12.0. The van der Waals surface area contributed by atoms with E-state index in [0.29, 0.717) is 6.04 Å². The standard InChI is InChI=1S/C14H28N2O/c1-13(2)10-12(14(3,4)17-13)15-8-9-16(5)11-6-7-11/h11-12,15H,6-10H2,1-5H3. The second-order valence-corrected chi connectivity index (χ2v) is 6.89. The van der Waals surface area contributed by atoms with E-state index in [1.807, 2.05) is 0 Å². The maximum Gasteiger partial charge on any atom is 0.0787 e. The van der Waals surface area contributed by atoms with Gasteiger partial charge in [0.25, 0.3) is 0 Å². The fourth-order valence-electron chi connectivity index (χ4n) is 2.99. The lowest BCUT2D eigenvalue weighted by Crippen LogP contribution is -2.45. The Morgan fingerprint density at radius 1 is 1.24 bits per heavy atom. The van der Waals surface area contributed by atoms with Crippen LogP contribution in [0.15, 0.2) is 0 Å². The maximum absolute atomic E-state index is 6.09. The summed E-state index contributed by atoms with van der Waals surface area (Å²) in [5.74, 6) is 0. The normalized spacial score (nSPS) is 31.1. The third kappa shape index (κ3) is 3.43. The summed E-state index contributed by atoms with van der Waals surface area (Å²) in [4.78, 5) is 2.47. The van der Waals surface area contributed by atoms with E-state index in [1.54, 1.807) is 0 Å². The van der Waals surface area contributed by atoms with Gasteiger partial charge < -0.3 is 15.0 Å². The van der Waals surface area contributed by atoms with Gasteiger partial charge in [0, 0.05) is 25.2 Å². The van der Waals surface area contributed by atoms with Crippen LogP contribution in [0.25, 0.3) is 0 Å². The van der Waals surface area contributed by atoms with Gasteiger partial charge in [0.2, 0.25) is 0 Å². The van der Waals surface area contributed by atoms with Gasteiger partial charge in [-0.3, -0.25) is 0 Å². The Kier molecular flexibility index (Phi) is 3.54. The van der Waals surface area contributed by atoms with Crippen LogP contribution < -0.4 is 5.32 Å². The Morgan fingerprint density at radius 2 is 1.88 bits per heavy atom. The fraction of sp³-hybridized carbons (Fsp3) is 1.00. The lowest BCUT2D eigenvalue weighted by atomic mass is 9.94. The quantitative estimate of drug-likeness (QED) is 0.795. The van der Waals surface area contributed by atoms with E-state index in [-0.39, 0.29) is 11.2 Å². The summed E-state index contributed by atoms with van der Waals surface area (Å²) in [6.07, 6.45) is 3.89. The first-order valence-corrected chi connectivity index (χ1v) is 6.94. The lowest BCUT2D eigenvalue weighted by Gasteiger charge is -2.28. The molecule has 1 heterocycles. The Balaban J connectivity index is 1.74. The lowest BCUT2D eigenvalue weighted by molar-refractivity contribution is -0.0698. The van der Waals surface area contributed by atoms with Crippen molar-refractivity contribution in [2.24, 2.45) is 0 Å². The van der Waals surface area contributed by atoms with Gasteiger partial charge in [0.05, 0.1) is 11.2 Å². The van der Waals surface area contributed by atoms with Crippen LogP contribution in [-0.4, -0.2) is 48.3 Å². The van der Waals surface area contributed by atoms with Gasteiger partial charge in [-0.25, -0.2) is 0 Å². The predicted molar refractivity (Wildman–Crippen MR) is 71.3 cm³/mol. The minimum absolute atomic E-state index is 0.0174. The Hall–Kier alpha value is -0.120. The molecule has 3 nitrogen and oxygen atoms in total. The molecule has 17 heavy (non-hydrogen) atoms. The van der Waals surface area contributed by atoms with Crippen LogP contribution in [0.4, 0.5) is 0 Å². The first kappa shape index (κ1) is 13.3. The van der Waals surface area contributed by atoms with Gasteiger partial charge in [-0.05, 0) is 54.0 Å². The van der Waals surface area contributed by atoms with Crippen LogP contribution in [0.2, 0.25) is 0 Å². The zero-order chi connectivity index (χ0) is 12.7. The Labute approximate surface area is 106 Å². The molecule has 1 unspecified atom stereocenters. The Bertz CT molecular complexity index is 271. The van der Waals surface area contributed by atoms with Crippen molar-refractivity contribution >= 4 is 0 Å². The molecule has 1 atom stereocenters. The largest absolute Gasteiger partial charge is 0.368 e. The molecule has 0 bridgehead atoms. The van der Waals surface area contributed by atoms with Gasteiger partial charge >= 0.3 is 0 Å². The number of hydrogen-bond acceptors (Lipinski definition) is 3. The van der Waals surface area contributed by atoms with Gasteiger partial charge in [-0.15, -0.1) is 0 Å². The second-order valence-electron chi connectivity index (χ2n) is 6.89. The monoisotopic (exact) mass is 240 g/mol. The van der Waals surface area contributed by atoms with Crippen LogP contribution in [0.1, 0.15) is 47.0 Å². The molecule has 1 N–H and O–H groups in total.